The van der Waals surface area contributed by atoms with E-state index in [1.165, 1.54) is 17.7 Å². The fraction of sp³-hybridized carbons (Fsp3) is 0.200. The maximum Gasteiger partial charge on any atom is 0.251 e. The standard InChI is InChI=1S/C25H26FN3O2/c1-17-3-10-23(15-18(17)2)28-16-24(30)29-22-11-6-20(7-12-22)25(31)27-14-13-19-4-8-21(26)9-5-19/h3-12,15,28H,13-14,16H2,1-2H3,(H,27,31)(H,29,30). The molecule has 160 valence electrons. The molecule has 0 aliphatic heterocycles. The Morgan fingerprint density at radius 1 is 0.839 bits per heavy atom. The highest BCUT2D eigenvalue weighted by molar-refractivity contribution is 5.96. The Hall–Kier alpha value is -3.67. The molecule has 0 saturated heterocycles. The summed E-state index contributed by atoms with van der Waals surface area (Å²) in [6.07, 6.45) is 0.619. The van der Waals surface area contributed by atoms with E-state index in [9.17, 15) is 14.0 Å². The Bertz CT molecular complexity index is 1050. The minimum atomic E-state index is -0.277. The van der Waals surface area contributed by atoms with E-state index in [0.717, 1.165) is 16.8 Å². The molecule has 6 heteroatoms. The minimum absolute atomic E-state index is 0.147. The molecule has 2 amide bonds. The fourth-order valence-corrected chi connectivity index (χ4v) is 3.02. The number of hydrogen-bond donors (Lipinski definition) is 3. The topological polar surface area (TPSA) is 70.2 Å². The number of carbonyl (C=O) groups is 2. The monoisotopic (exact) mass is 419 g/mol. The molecule has 0 heterocycles. The average Bonchev–Trinajstić information content (AvgIpc) is 2.76. The van der Waals surface area contributed by atoms with Gasteiger partial charge in [0.15, 0.2) is 0 Å². The zero-order valence-electron chi connectivity index (χ0n) is 17.7. The summed E-state index contributed by atoms with van der Waals surface area (Å²) >= 11 is 0. The molecule has 0 atom stereocenters. The van der Waals surface area contributed by atoms with Crippen LogP contribution < -0.4 is 16.0 Å². The lowest BCUT2D eigenvalue weighted by molar-refractivity contribution is -0.114. The van der Waals surface area contributed by atoms with Crippen LogP contribution in [0.1, 0.15) is 27.0 Å². The molecule has 0 fully saturated rings. The van der Waals surface area contributed by atoms with Gasteiger partial charge in [-0.05, 0) is 85.5 Å². The van der Waals surface area contributed by atoms with Gasteiger partial charge < -0.3 is 16.0 Å². The lowest BCUT2D eigenvalue weighted by atomic mass is 10.1. The van der Waals surface area contributed by atoms with Gasteiger partial charge in [-0.15, -0.1) is 0 Å². The molecule has 3 aromatic rings. The van der Waals surface area contributed by atoms with Crippen LogP contribution in [0.5, 0.6) is 0 Å². The number of benzene rings is 3. The van der Waals surface area contributed by atoms with Gasteiger partial charge in [-0.2, -0.15) is 0 Å². The van der Waals surface area contributed by atoms with Gasteiger partial charge in [0.2, 0.25) is 5.91 Å². The summed E-state index contributed by atoms with van der Waals surface area (Å²) in [5, 5.41) is 8.75. The molecule has 3 N–H and O–H groups in total. The van der Waals surface area contributed by atoms with Crippen molar-refractivity contribution in [1.29, 1.82) is 0 Å². The summed E-state index contributed by atoms with van der Waals surface area (Å²) in [4.78, 5) is 24.4. The van der Waals surface area contributed by atoms with Gasteiger partial charge in [0.05, 0.1) is 6.54 Å². The van der Waals surface area contributed by atoms with E-state index in [4.69, 9.17) is 0 Å². The minimum Gasteiger partial charge on any atom is -0.376 e. The summed E-state index contributed by atoms with van der Waals surface area (Å²) in [6.45, 7) is 4.67. The number of amides is 2. The van der Waals surface area contributed by atoms with Crippen LogP contribution in [0.2, 0.25) is 0 Å². The maximum atomic E-state index is 12.9. The van der Waals surface area contributed by atoms with Crippen molar-refractivity contribution >= 4 is 23.2 Å². The van der Waals surface area contributed by atoms with Crippen molar-refractivity contribution in [2.24, 2.45) is 0 Å². The molecule has 0 bridgehead atoms. The third-order valence-electron chi connectivity index (χ3n) is 5.00. The predicted molar refractivity (Wildman–Crippen MR) is 122 cm³/mol. The first-order chi connectivity index (χ1) is 14.9. The van der Waals surface area contributed by atoms with Gasteiger partial charge in [0.1, 0.15) is 5.82 Å². The smallest absolute Gasteiger partial charge is 0.251 e. The van der Waals surface area contributed by atoms with E-state index < -0.39 is 0 Å². The van der Waals surface area contributed by atoms with Crippen molar-refractivity contribution in [3.63, 3.8) is 0 Å². The molecule has 0 unspecified atom stereocenters. The molecule has 5 nitrogen and oxygen atoms in total. The molecular weight excluding hydrogens is 393 g/mol. The van der Waals surface area contributed by atoms with Crippen LogP contribution in [0.3, 0.4) is 0 Å². The average molecular weight is 420 g/mol. The summed E-state index contributed by atoms with van der Waals surface area (Å²) in [5.41, 5.74) is 5.34. The first kappa shape index (κ1) is 22.0. The van der Waals surface area contributed by atoms with E-state index in [2.05, 4.69) is 16.0 Å². The van der Waals surface area contributed by atoms with Gasteiger partial charge in [-0.3, -0.25) is 9.59 Å². The van der Waals surface area contributed by atoms with Crippen LogP contribution >= 0.6 is 0 Å². The summed E-state index contributed by atoms with van der Waals surface area (Å²) < 4.78 is 12.9. The molecule has 3 rings (SSSR count). The summed E-state index contributed by atoms with van der Waals surface area (Å²) in [5.74, 6) is -0.646. The van der Waals surface area contributed by atoms with Crippen molar-refractivity contribution < 1.29 is 14.0 Å². The quantitative estimate of drug-likeness (QED) is 0.505. The second-order valence-electron chi connectivity index (χ2n) is 7.41. The summed E-state index contributed by atoms with van der Waals surface area (Å²) in [6, 6.07) is 18.9. The van der Waals surface area contributed by atoms with E-state index in [1.54, 1.807) is 36.4 Å². The van der Waals surface area contributed by atoms with Crippen molar-refractivity contribution in [2.75, 3.05) is 23.7 Å². The molecule has 31 heavy (non-hydrogen) atoms. The maximum absolute atomic E-state index is 12.9. The lowest BCUT2D eigenvalue weighted by Crippen LogP contribution is -2.25. The van der Waals surface area contributed by atoms with Gasteiger partial charge >= 0.3 is 0 Å². The fourth-order valence-electron chi connectivity index (χ4n) is 3.02. The molecular formula is C25H26FN3O2. The first-order valence-electron chi connectivity index (χ1n) is 10.1. The van der Waals surface area contributed by atoms with Crippen molar-refractivity contribution in [3.05, 3.63) is 94.8 Å². The molecule has 0 spiro atoms. The zero-order chi connectivity index (χ0) is 22.2. The van der Waals surface area contributed by atoms with Gasteiger partial charge in [-0.25, -0.2) is 4.39 Å². The van der Waals surface area contributed by atoms with Crippen LogP contribution in [0, 0.1) is 19.7 Å². The zero-order valence-corrected chi connectivity index (χ0v) is 17.7. The Morgan fingerprint density at radius 3 is 2.19 bits per heavy atom. The Balaban J connectivity index is 1.44. The number of nitrogens with one attached hydrogen (secondary N) is 3. The Morgan fingerprint density at radius 2 is 1.52 bits per heavy atom. The van der Waals surface area contributed by atoms with Gasteiger partial charge in [-0.1, -0.05) is 18.2 Å². The van der Waals surface area contributed by atoms with E-state index in [1.807, 2.05) is 32.0 Å². The Labute approximate surface area is 181 Å². The number of halogens is 1. The SMILES string of the molecule is Cc1ccc(NCC(=O)Nc2ccc(C(=O)NCCc3ccc(F)cc3)cc2)cc1C. The van der Waals surface area contributed by atoms with Crippen molar-refractivity contribution in [2.45, 2.75) is 20.3 Å². The third kappa shape index (κ3) is 6.67. The molecule has 3 aromatic carbocycles. The molecule has 0 saturated carbocycles. The number of rotatable bonds is 8. The van der Waals surface area contributed by atoms with Crippen LogP contribution in [-0.4, -0.2) is 24.9 Å². The van der Waals surface area contributed by atoms with E-state index >= 15 is 0 Å². The van der Waals surface area contributed by atoms with Crippen LogP contribution in [0.25, 0.3) is 0 Å². The Kier molecular flexibility index (Phi) is 7.38. The normalized spacial score (nSPS) is 10.4. The number of aryl methyl sites for hydroxylation is 2. The second kappa shape index (κ2) is 10.4. The highest BCUT2D eigenvalue weighted by atomic mass is 19.1. The first-order valence-corrected chi connectivity index (χ1v) is 10.1. The lowest BCUT2D eigenvalue weighted by Gasteiger charge is -2.10. The van der Waals surface area contributed by atoms with Crippen LogP contribution in [-0.2, 0) is 11.2 Å². The molecule has 0 aliphatic carbocycles. The number of carbonyl (C=O) groups excluding carboxylic acids is 2. The molecule has 0 aromatic heterocycles. The highest BCUT2D eigenvalue weighted by Crippen LogP contribution is 2.14. The number of hydrogen-bond acceptors (Lipinski definition) is 3. The van der Waals surface area contributed by atoms with Gasteiger partial charge in [0.25, 0.3) is 5.91 Å². The predicted octanol–water partition coefficient (Wildman–Crippen LogP) is 4.47. The van der Waals surface area contributed by atoms with E-state index in [0.29, 0.717) is 24.2 Å². The van der Waals surface area contributed by atoms with Crippen LogP contribution in [0.15, 0.2) is 66.7 Å². The third-order valence-corrected chi connectivity index (χ3v) is 5.00. The largest absolute Gasteiger partial charge is 0.376 e. The molecule has 0 aliphatic rings. The molecule has 0 radical (unpaired) electrons. The second-order valence-corrected chi connectivity index (χ2v) is 7.41. The van der Waals surface area contributed by atoms with Crippen LogP contribution in [0.4, 0.5) is 15.8 Å². The highest BCUT2D eigenvalue weighted by Gasteiger charge is 2.07. The van der Waals surface area contributed by atoms with E-state index in [-0.39, 0.29) is 24.2 Å². The van der Waals surface area contributed by atoms with Crippen molar-refractivity contribution in [1.82, 2.24) is 5.32 Å². The van der Waals surface area contributed by atoms with Crippen molar-refractivity contribution in [3.8, 4) is 0 Å². The summed E-state index contributed by atoms with van der Waals surface area (Å²) in [7, 11) is 0. The number of anilines is 2. The van der Waals surface area contributed by atoms with Gasteiger partial charge in [0, 0.05) is 23.5 Å².